The topological polar surface area (TPSA) is 27.7 Å². The Kier molecular flexibility index (Phi) is 7.46. The van der Waals surface area contributed by atoms with Crippen LogP contribution in [0, 0.1) is 5.92 Å². The second-order valence-corrected chi connectivity index (χ2v) is 7.57. The Morgan fingerprint density at radius 3 is 1.60 bits per heavy atom. The van der Waals surface area contributed by atoms with Gasteiger partial charge in [-0.25, -0.2) is 0 Å². The van der Waals surface area contributed by atoms with Crippen LogP contribution in [0.15, 0.2) is 103 Å². The van der Waals surface area contributed by atoms with Crippen LogP contribution >= 0.6 is 0 Å². The predicted octanol–water partition coefficient (Wildman–Crippen LogP) is 5.56. The second kappa shape index (κ2) is 10.9. The molecule has 3 nitrogen and oxygen atoms in total. The molecule has 3 atom stereocenters. The monoisotopic (exact) mass is 400 g/mol. The van der Waals surface area contributed by atoms with Crippen molar-refractivity contribution in [3.8, 4) is 0 Å². The molecule has 0 aliphatic heterocycles. The zero-order valence-electron chi connectivity index (χ0n) is 17.1. The molecule has 3 heteroatoms. The van der Waals surface area contributed by atoms with Gasteiger partial charge in [-0.2, -0.15) is 0 Å². The number of benzene rings is 3. The smallest absolute Gasteiger partial charge is 0.103 e. The van der Waals surface area contributed by atoms with E-state index < -0.39 is 0 Å². The van der Waals surface area contributed by atoms with Crippen LogP contribution in [-0.4, -0.2) is 18.8 Å². The quantitative estimate of drug-likeness (QED) is 0.417. The van der Waals surface area contributed by atoms with E-state index in [-0.39, 0.29) is 18.1 Å². The van der Waals surface area contributed by atoms with Crippen LogP contribution in [0.4, 0.5) is 0 Å². The van der Waals surface area contributed by atoms with Gasteiger partial charge < -0.3 is 14.2 Å². The van der Waals surface area contributed by atoms with Crippen molar-refractivity contribution in [3.63, 3.8) is 0 Å². The summed E-state index contributed by atoms with van der Waals surface area (Å²) in [7, 11) is 0. The molecule has 0 aromatic heterocycles. The lowest BCUT2D eigenvalue weighted by molar-refractivity contribution is -0.0861. The first-order chi connectivity index (χ1) is 14.9. The molecule has 30 heavy (non-hydrogen) atoms. The lowest BCUT2D eigenvalue weighted by atomic mass is 10.1. The number of hydrogen-bond acceptors (Lipinski definition) is 3. The van der Waals surface area contributed by atoms with E-state index >= 15 is 0 Å². The summed E-state index contributed by atoms with van der Waals surface area (Å²) in [6, 6.07) is 30.8. The summed E-state index contributed by atoms with van der Waals surface area (Å²) in [4.78, 5) is 0. The third-order valence-electron chi connectivity index (χ3n) is 5.29. The van der Waals surface area contributed by atoms with Gasteiger partial charge in [0, 0.05) is 5.92 Å². The van der Waals surface area contributed by atoms with E-state index in [1.54, 1.807) is 0 Å². The Bertz CT molecular complexity index is 893. The Morgan fingerprint density at radius 1 is 0.533 bits per heavy atom. The highest BCUT2D eigenvalue weighted by Gasteiger charge is 2.33. The van der Waals surface area contributed by atoms with Gasteiger partial charge in [0.15, 0.2) is 0 Å². The van der Waals surface area contributed by atoms with E-state index in [1.807, 2.05) is 54.6 Å². The summed E-state index contributed by atoms with van der Waals surface area (Å²) in [5.41, 5.74) is 3.50. The van der Waals surface area contributed by atoms with E-state index in [4.69, 9.17) is 14.2 Å². The zero-order chi connectivity index (χ0) is 20.4. The second-order valence-electron chi connectivity index (χ2n) is 7.57. The van der Waals surface area contributed by atoms with Crippen LogP contribution in [0.25, 0.3) is 0 Å². The third kappa shape index (κ3) is 5.90. The lowest BCUT2D eigenvalue weighted by Crippen LogP contribution is -2.34. The molecule has 0 spiro atoms. The molecule has 0 saturated carbocycles. The molecule has 1 aliphatic carbocycles. The minimum absolute atomic E-state index is 0.0651. The molecule has 0 unspecified atom stereocenters. The SMILES string of the molecule is C1=C[C@@H](OCc2ccccc2)[C@H](OCc2ccccc2)[C@@H]1COCc1ccccc1. The van der Waals surface area contributed by atoms with Crippen LogP contribution in [-0.2, 0) is 34.0 Å². The molecule has 0 N–H and O–H groups in total. The summed E-state index contributed by atoms with van der Waals surface area (Å²) < 4.78 is 18.6. The van der Waals surface area contributed by atoms with Crippen molar-refractivity contribution in [2.45, 2.75) is 32.0 Å². The van der Waals surface area contributed by atoms with Gasteiger partial charge >= 0.3 is 0 Å². The molecule has 0 saturated heterocycles. The summed E-state index contributed by atoms with van der Waals surface area (Å²) in [6.45, 7) is 2.34. The van der Waals surface area contributed by atoms with Crippen molar-refractivity contribution < 1.29 is 14.2 Å². The number of ether oxygens (including phenoxy) is 3. The van der Waals surface area contributed by atoms with Crippen molar-refractivity contribution >= 4 is 0 Å². The number of hydrogen-bond donors (Lipinski definition) is 0. The first-order valence-electron chi connectivity index (χ1n) is 10.5. The molecule has 0 heterocycles. The summed E-state index contributed by atoms with van der Waals surface area (Å²) >= 11 is 0. The maximum Gasteiger partial charge on any atom is 0.103 e. The maximum atomic E-state index is 6.34. The highest BCUT2D eigenvalue weighted by atomic mass is 16.5. The highest BCUT2D eigenvalue weighted by Crippen LogP contribution is 2.27. The van der Waals surface area contributed by atoms with Crippen LogP contribution in [0.3, 0.4) is 0 Å². The molecular formula is C27H28O3. The van der Waals surface area contributed by atoms with Crippen LogP contribution in [0.2, 0.25) is 0 Å². The standard InChI is InChI=1S/C27H28O3/c1-4-10-22(11-5-1)18-28-21-25-16-17-26(29-19-23-12-6-2-7-13-23)27(25)30-20-24-14-8-3-9-15-24/h1-17,25-27H,18-21H2/t25-,26+,27+/m0/s1. The number of rotatable bonds is 10. The van der Waals surface area contributed by atoms with Gasteiger partial charge in [-0.15, -0.1) is 0 Å². The molecule has 154 valence electrons. The van der Waals surface area contributed by atoms with E-state index in [9.17, 15) is 0 Å². The van der Waals surface area contributed by atoms with Crippen molar-refractivity contribution in [1.29, 1.82) is 0 Å². The molecular weight excluding hydrogens is 372 g/mol. The van der Waals surface area contributed by atoms with Crippen LogP contribution < -0.4 is 0 Å². The molecule has 0 radical (unpaired) electrons. The molecule has 3 aromatic carbocycles. The van der Waals surface area contributed by atoms with Gasteiger partial charge in [-0.05, 0) is 16.7 Å². The normalized spacial score (nSPS) is 20.5. The Hall–Kier alpha value is -2.72. The van der Waals surface area contributed by atoms with Gasteiger partial charge in [0.05, 0.1) is 32.5 Å². The fourth-order valence-corrected chi connectivity index (χ4v) is 3.65. The molecule has 1 aliphatic rings. The largest absolute Gasteiger partial charge is 0.376 e. The lowest BCUT2D eigenvalue weighted by Gasteiger charge is -2.26. The van der Waals surface area contributed by atoms with Crippen LogP contribution in [0.1, 0.15) is 16.7 Å². The average Bonchev–Trinajstić information content (AvgIpc) is 3.20. The maximum absolute atomic E-state index is 6.34. The fraction of sp³-hybridized carbons (Fsp3) is 0.259. The summed E-state index contributed by atoms with van der Waals surface area (Å²) in [5.74, 6) is 0.165. The van der Waals surface area contributed by atoms with E-state index in [2.05, 4.69) is 48.6 Å². The summed E-state index contributed by atoms with van der Waals surface area (Å²) in [5, 5.41) is 0. The van der Waals surface area contributed by atoms with Crippen molar-refractivity contribution in [2.24, 2.45) is 5.92 Å². The zero-order valence-corrected chi connectivity index (χ0v) is 17.1. The van der Waals surface area contributed by atoms with E-state index in [1.165, 1.54) is 5.56 Å². The van der Waals surface area contributed by atoms with Crippen molar-refractivity contribution in [3.05, 3.63) is 120 Å². The minimum atomic E-state index is -0.0840. The first-order valence-corrected chi connectivity index (χ1v) is 10.5. The molecule has 0 amide bonds. The molecule has 4 rings (SSSR count). The summed E-state index contributed by atoms with van der Waals surface area (Å²) in [6.07, 6.45) is 4.15. The van der Waals surface area contributed by atoms with E-state index in [0.717, 1.165) is 11.1 Å². The average molecular weight is 401 g/mol. The van der Waals surface area contributed by atoms with Crippen molar-refractivity contribution in [2.75, 3.05) is 6.61 Å². The van der Waals surface area contributed by atoms with Gasteiger partial charge in [0.1, 0.15) is 6.10 Å². The van der Waals surface area contributed by atoms with Crippen molar-refractivity contribution in [1.82, 2.24) is 0 Å². The molecule has 0 bridgehead atoms. The molecule has 3 aromatic rings. The van der Waals surface area contributed by atoms with Gasteiger partial charge in [-0.3, -0.25) is 0 Å². The third-order valence-corrected chi connectivity index (χ3v) is 5.29. The fourth-order valence-electron chi connectivity index (χ4n) is 3.65. The Balaban J connectivity index is 1.35. The minimum Gasteiger partial charge on any atom is -0.376 e. The molecule has 0 fully saturated rings. The van der Waals surface area contributed by atoms with Gasteiger partial charge in [0.2, 0.25) is 0 Å². The first kappa shape index (κ1) is 20.5. The van der Waals surface area contributed by atoms with E-state index in [0.29, 0.717) is 26.4 Å². The van der Waals surface area contributed by atoms with Gasteiger partial charge in [0.25, 0.3) is 0 Å². The predicted molar refractivity (Wildman–Crippen MR) is 119 cm³/mol. The van der Waals surface area contributed by atoms with Crippen LogP contribution in [0.5, 0.6) is 0 Å². The Labute approximate surface area is 178 Å². The highest BCUT2D eigenvalue weighted by molar-refractivity contribution is 5.17. The Morgan fingerprint density at radius 2 is 1.03 bits per heavy atom. The van der Waals surface area contributed by atoms with Gasteiger partial charge in [-0.1, -0.05) is 103 Å².